The molecule has 0 saturated carbocycles. The van der Waals surface area contributed by atoms with E-state index in [4.69, 9.17) is 15.2 Å². The standard InChI is InChI=1S/C15H15F2NO2/c1-19-13-7-2-3-8-14(13)20-9-12(18)10-5-4-6-11(16)15(10)17/h2-8,12H,9,18H2,1H3. The van der Waals surface area contributed by atoms with E-state index in [9.17, 15) is 8.78 Å². The maximum Gasteiger partial charge on any atom is 0.163 e. The van der Waals surface area contributed by atoms with Crippen LogP contribution in [0.25, 0.3) is 0 Å². The number of methoxy groups -OCH3 is 1. The number of rotatable bonds is 5. The van der Waals surface area contributed by atoms with Crippen LogP contribution in [0.4, 0.5) is 8.78 Å². The van der Waals surface area contributed by atoms with Gasteiger partial charge < -0.3 is 15.2 Å². The summed E-state index contributed by atoms with van der Waals surface area (Å²) in [5, 5.41) is 0. The lowest BCUT2D eigenvalue weighted by Gasteiger charge is -2.16. The van der Waals surface area contributed by atoms with Gasteiger partial charge in [0.1, 0.15) is 6.61 Å². The summed E-state index contributed by atoms with van der Waals surface area (Å²) >= 11 is 0. The predicted octanol–water partition coefficient (Wildman–Crippen LogP) is 3.05. The van der Waals surface area contributed by atoms with Crippen molar-refractivity contribution in [1.82, 2.24) is 0 Å². The summed E-state index contributed by atoms with van der Waals surface area (Å²) < 4.78 is 37.3. The quantitative estimate of drug-likeness (QED) is 0.915. The van der Waals surface area contributed by atoms with Gasteiger partial charge in [-0.2, -0.15) is 0 Å². The topological polar surface area (TPSA) is 44.5 Å². The summed E-state index contributed by atoms with van der Waals surface area (Å²) in [6.45, 7) is 0.0146. The van der Waals surface area contributed by atoms with Gasteiger partial charge in [-0.3, -0.25) is 0 Å². The fourth-order valence-electron chi connectivity index (χ4n) is 1.81. The number of hydrogen-bond donors (Lipinski definition) is 1. The van der Waals surface area contributed by atoms with Gasteiger partial charge in [0.05, 0.1) is 13.2 Å². The van der Waals surface area contributed by atoms with Crippen molar-refractivity contribution in [2.45, 2.75) is 6.04 Å². The Hall–Kier alpha value is -2.14. The summed E-state index contributed by atoms with van der Waals surface area (Å²) in [4.78, 5) is 0. The number of nitrogens with two attached hydrogens (primary N) is 1. The Morgan fingerprint density at radius 1 is 1.05 bits per heavy atom. The monoisotopic (exact) mass is 279 g/mol. The third-order valence-corrected chi connectivity index (χ3v) is 2.87. The molecule has 0 aliphatic heterocycles. The molecule has 0 saturated heterocycles. The zero-order chi connectivity index (χ0) is 14.5. The highest BCUT2D eigenvalue weighted by atomic mass is 19.2. The summed E-state index contributed by atoms with van der Waals surface area (Å²) in [5.74, 6) is -0.805. The van der Waals surface area contributed by atoms with E-state index in [1.54, 1.807) is 24.3 Å². The molecule has 0 aliphatic rings. The highest BCUT2D eigenvalue weighted by molar-refractivity contribution is 5.39. The van der Waals surface area contributed by atoms with Crippen LogP contribution in [0.5, 0.6) is 11.5 Å². The van der Waals surface area contributed by atoms with Gasteiger partial charge in [0.25, 0.3) is 0 Å². The molecule has 20 heavy (non-hydrogen) atoms. The second-order valence-corrected chi connectivity index (χ2v) is 4.21. The maximum absolute atomic E-state index is 13.6. The van der Waals surface area contributed by atoms with Crippen LogP contribution in [0.1, 0.15) is 11.6 Å². The van der Waals surface area contributed by atoms with Crippen molar-refractivity contribution in [2.75, 3.05) is 13.7 Å². The molecule has 2 aromatic rings. The molecule has 0 radical (unpaired) electrons. The fourth-order valence-corrected chi connectivity index (χ4v) is 1.81. The Morgan fingerprint density at radius 2 is 1.75 bits per heavy atom. The summed E-state index contributed by atoms with van der Waals surface area (Å²) in [6, 6.07) is 10.2. The van der Waals surface area contributed by atoms with E-state index in [2.05, 4.69) is 0 Å². The minimum absolute atomic E-state index is 0.0146. The lowest BCUT2D eigenvalue weighted by molar-refractivity contribution is 0.270. The zero-order valence-electron chi connectivity index (χ0n) is 11.0. The van der Waals surface area contributed by atoms with Crippen molar-refractivity contribution in [3.8, 4) is 11.5 Å². The number of benzene rings is 2. The molecule has 1 unspecified atom stereocenters. The third-order valence-electron chi connectivity index (χ3n) is 2.87. The molecule has 106 valence electrons. The van der Waals surface area contributed by atoms with Gasteiger partial charge in [0.15, 0.2) is 23.1 Å². The van der Waals surface area contributed by atoms with Crippen molar-refractivity contribution in [2.24, 2.45) is 5.73 Å². The lowest BCUT2D eigenvalue weighted by atomic mass is 10.1. The van der Waals surface area contributed by atoms with Gasteiger partial charge in [0, 0.05) is 5.56 Å². The second-order valence-electron chi connectivity index (χ2n) is 4.21. The Bertz CT molecular complexity index is 590. The Kier molecular flexibility index (Phi) is 4.53. The highest BCUT2D eigenvalue weighted by Gasteiger charge is 2.16. The molecule has 3 nitrogen and oxygen atoms in total. The molecule has 0 bridgehead atoms. The first kappa shape index (κ1) is 14.3. The molecule has 0 fully saturated rings. The molecule has 2 N–H and O–H groups in total. The zero-order valence-corrected chi connectivity index (χ0v) is 11.0. The smallest absolute Gasteiger partial charge is 0.163 e. The highest BCUT2D eigenvalue weighted by Crippen LogP contribution is 2.27. The molecule has 2 rings (SSSR count). The molecule has 0 spiro atoms. The second kappa shape index (κ2) is 6.34. The molecule has 0 aromatic heterocycles. The first-order chi connectivity index (χ1) is 9.63. The van der Waals surface area contributed by atoms with Gasteiger partial charge in [-0.05, 0) is 18.2 Å². The van der Waals surface area contributed by atoms with Crippen molar-refractivity contribution in [1.29, 1.82) is 0 Å². The van der Waals surface area contributed by atoms with Crippen molar-refractivity contribution >= 4 is 0 Å². The van der Waals surface area contributed by atoms with Crippen LogP contribution >= 0.6 is 0 Å². The van der Waals surface area contributed by atoms with Gasteiger partial charge in [-0.1, -0.05) is 24.3 Å². The van der Waals surface area contributed by atoms with Gasteiger partial charge in [-0.25, -0.2) is 8.78 Å². The fraction of sp³-hybridized carbons (Fsp3) is 0.200. The van der Waals surface area contributed by atoms with Crippen molar-refractivity contribution in [3.05, 3.63) is 59.7 Å². The molecule has 5 heteroatoms. The van der Waals surface area contributed by atoms with Gasteiger partial charge in [0.2, 0.25) is 0 Å². The average molecular weight is 279 g/mol. The van der Waals surface area contributed by atoms with E-state index in [1.165, 1.54) is 19.2 Å². The summed E-state index contributed by atoms with van der Waals surface area (Å²) in [6.07, 6.45) is 0. The summed E-state index contributed by atoms with van der Waals surface area (Å²) in [5.41, 5.74) is 5.91. The molecule has 0 aliphatic carbocycles. The van der Waals surface area contributed by atoms with Crippen molar-refractivity contribution < 1.29 is 18.3 Å². The van der Waals surface area contributed by atoms with Gasteiger partial charge in [-0.15, -0.1) is 0 Å². The molecule has 0 heterocycles. The van der Waals surface area contributed by atoms with Crippen LogP contribution in [0, 0.1) is 11.6 Å². The predicted molar refractivity (Wildman–Crippen MR) is 71.8 cm³/mol. The van der Waals surface area contributed by atoms with Gasteiger partial charge >= 0.3 is 0 Å². The minimum atomic E-state index is -0.941. The Morgan fingerprint density at radius 3 is 2.45 bits per heavy atom. The number of halogens is 2. The lowest BCUT2D eigenvalue weighted by Crippen LogP contribution is -2.20. The first-order valence-corrected chi connectivity index (χ1v) is 6.08. The average Bonchev–Trinajstić information content (AvgIpc) is 2.48. The number of para-hydroxylation sites is 2. The molecule has 2 aromatic carbocycles. The maximum atomic E-state index is 13.6. The molecule has 1 atom stereocenters. The minimum Gasteiger partial charge on any atom is -0.493 e. The SMILES string of the molecule is COc1ccccc1OCC(N)c1cccc(F)c1F. The number of hydrogen-bond acceptors (Lipinski definition) is 3. The Balaban J connectivity index is 2.09. The van der Waals surface area contributed by atoms with Crippen LogP contribution in [0.3, 0.4) is 0 Å². The first-order valence-electron chi connectivity index (χ1n) is 6.08. The van der Waals surface area contributed by atoms with Crippen LogP contribution in [-0.2, 0) is 0 Å². The van der Waals surface area contributed by atoms with E-state index in [-0.39, 0.29) is 12.2 Å². The van der Waals surface area contributed by atoms with Crippen LogP contribution in [0.15, 0.2) is 42.5 Å². The van der Waals surface area contributed by atoms with E-state index >= 15 is 0 Å². The van der Waals surface area contributed by atoms with Crippen LogP contribution in [-0.4, -0.2) is 13.7 Å². The molecular formula is C15H15F2NO2. The van der Waals surface area contributed by atoms with Crippen molar-refractivity contribution in [3.63, 3.8) is 0 Å². The number of ether oxygens (including phenoxy) is 2. The largest absolute Gasteiger partial charge is 0.493 e. The van der Waals surface area contributed by atoms with Crippen LogP contribution < -0.4 is 15.2 Å². The van der Waals surface area contributed by atoms with E-state index < -0.39 is 17.7 Å². The van der Waals surface area contributed by atoms with Crippen LogP contribution in [0.2, 0.25) is 0 Å². The van der Waals surface area contributed by atoms with E-state index in [0.29, 0.717) is 11.5 Å². The normalized spacial score (nSPS) is 12.0. The molecular weight excluding hydrogens is 264 g/mol. The third kappa shape index (κ3) is 3.05. The summed E-state index contributed by atoms with van der Waals surface area (Å²) in [7, 11) is 1.52. The Labute approximate surface area is 115 Å². The van der Waals surface area contributed by atoms with E-state index in [0.717, 1.165) is 6.07 Å². The molecule has 0 amide bonds. The van der Waals surface area contributed by atoms with E-state index in [1.807, 2.05) is 0 Å².